The van der Waals surface area contributed by atoms with E-state index >= 15 is 0 Å². The van der Waals surface area contributed by atoms with Crippen LogP contribution < -0.4 is 10.1 Å². The summed E-state index contributed by atoms with van der Waals surface area (Å²) in [6.07, 6.45) is 3.14. The lowest BCUT2D eigenvalue weighted by molar-refractivity contribution is -0.117. The summed E-state index contributed by atoms with van der Waals surface area (Å²) in [4.78, 5) is 16.8. The minimum Gasteiger partial charge on any atom is -0.455 e. The highest BCUT2D eigenvalue weighted by molar-refractivity contribution is 6.35. The molecule has 4 aromatic carbocycles. The molecule has 5 rings (SSSR count). The Morgan fingerprint density at radius 1 is 0.864 bits per heavy atom. The molecule has 3 N–H and O–H groups in total. The van der Waals surface area contributed by atoms with E-state index in [1.54, 1.807) is 30.3 Å². The number of benzene rings is 4. The van der Waals surface area contributed by atoms with Gasteiger partial charge in [0.25, 0.3) is 0 Å². The van der Waals surface area contributed by atoms with Crippen molar-refractivity contribution in [1.29, 1.82) is 0 Å². The van der Waals surface area contributed by atoms with Gasteiger partial charge in [0.1, 0.15) is 17.4 Å². The van der Waals surface area contributed by atoms with Gasteiger partial charge < -0.3 is 30.1 Å². The van der Waals surface area contributed by atoms with Crippen LogP contribution in [-0.2, 0) is 16.1 Å². The second kappa shape index (κ2) is 16.8. The second-order valence-corrected chi connectivity index (χ2v) is 11.3. The number of rotatable bonds is 11. The third-order valence-corrected chi connectivity index (χ3v) is 7.81. The zero-order valence-electron chi connectivity index (χ0n) is 23.2. The van der Waals surface area contributed by atoms with Crippen LogP contribution in [0.15, 0.2) is 109 Å². The van der Waals surface area contributed by atoms with Gasteiger partial charge in [-0.1, -0.05) is 94.9 Å². The Kier molecular flexibility index (Phi) is 13.5. The number of ether oxygens (including phenoxy) is 2. The molecule has 1 aliphatic heterocycles. The smallest absolute Gasteiger partial charge is 0.244 e. The maximum absolute atomic E-state index is 13.0. The normalized spacial score (nSPS) is 13.5. The predicted octanol–water partition coefficient (Wildman–Crippen LogP) is 8.54. The van der Waals surface area contributed by atoms with Gasteiger partial charge in [-0.3, -0.25) is 4.79 Å². The van der Waals surface area contributed by atoms with Gasteiger partial charge in [-0.2, -0.15) is 0 Å². The first-order chi connectivity index (χ1) is 20.4. The lowest BCUT2D eigenvalue weighted by Gasteiger charge is -2.31. The lowest BCUT2D eigenvalue weighted by atomic mass is 10.1. The number of nitrogens with zero attached hydrogens (tertiary/aromatic N) is 2. The number of hydrogen-bond acceptors (Lipinski definition) is 5. The molecule has 1 amide bonds. The number of para-hydroxylation sites is 3. The summed E-state index contributed by atoms with van der Waals surface area (Å²) in [5, 5.41) is 4.62. The Bertz CT molecular complexity index is 1540. The minimum absolute atomic E-state index is 0. The molecule has 0 aromatic heterocycles. The molecule has 0 fully saturated rings. The maximum Gasteiger partial charge on any atom is 0.244 e. The largest absolute Gasteiger partial charge is 0.455 e. The number of amides is 1. The van der Waals surface area contributed by atoms with Crippen LogP contribution in [0.4, 0.5) is 5.69 Å². The van der Waals surface area contributed by atoms with Gasteiger partial charge in [0.05, 0.1) is 25.5 Å². The van der Waals surface area contributed by atoms with Crippen LogP contribution in [0.2, 0.25) is 15.1 Å². The van der Waals surface area contributed by atoms with Crippen molar-refractivity contribution in [2.75, 3.05) is 18.5 Å². The highest BCUT2D eigenvalue weighted by atomic mass is 35.5. The molecule has 0 saturated carbocycles. The number of nitrogens with one attached hydrogen (secondary N) is 1. The molecule has 2 unspecified atom stereocenters. The number of hydrogen-bond donors (Lipinski definition) is 1. The molecule has 1 aliphatic rings. The van der Waals surface area contributed by atoms with Crippen LogP contribution in [0.1, 0.15) is 17.2 Å². The predicted molar refractivity (Wildman–Crippen MR) is 180 cm³/mol. The molecular formula is C32H30Cl5N3O4. The van der Waals surface area contributed by atoms with E-state index in [1.807, 2.05) is 88.9 Å². The molecule has 0 saturated heterocycles. The quantitative estimate of drug-likeness (QED) is 0.125. The third-order valence-electron chi connectivity index (χ3n) is 6.49. The van der Waals surface area contributed by atoms with Crippen LogP contribution in [0.5, 0.6) is 11.5 Å². The highest BCUT2D eigenvalue weighted by Crippen LogP contribution is 2.33. The van der Waals surface area contributed by atoms with Crippen molar-refractivity contribution in [1.82, 2.24) is 9.80 Å². The summed E-state index contributed by atoms with van der Waals surface area (Å²) in [6.45, 7) is 0.725. The summed E-state index contributed by atoms with van der Waals surface area (Å²) in [6, 6.07) is 29.3. The number of anilines is 1. The van der Waals surface area contributed by atoms with E-state index in [0.29, 0.717) is 38.9 Å². The van der Waals surface area contributed by atoms with Crippen molar-refractivity contribution < 1.29 is 19.7 Å². The van der Waals surface area contributed by atoms with Gasteiger partial charge >= 0.3 is 0 Å². The molecule has 232 valence electrons. The average molecular weight is 698 g/mol. The zero-order chi connectivity index (χ0) is 29.5. The van der Waals surface area contributed by atoms with Gasteiger partial charge in [-0.15, -0.1) is 12.4 Å². The SMILES string of the molecule is Cl.O.O=C(CN1C=CN(C(Cl)C(OCc2ccc(Cl)cc2Cl)c2ccc(Cl)cc2)C1)Nc1ccccc1Oc1ccccc1. The molecule has 0 radical (unpaired) electrons. The van der Waals surface area contributed by atoms with E-state index in [9.17, 15) is 4.79 Å². The summed E-state index contributed by atoms with van der Waals surface area (Å²) in [5.74, 6) is 1.04. The molecular weight excluding hydrogens is 668 g/mol. The zero-order valence-corrected chi connectivity index (χ0v) is 27.0. The van der Waals surface area contributed by atoms with Gasteiger partial charge in [-0.05, 0) is 59.7 Å². The van der Waals surface area contributed by atoms with E-state index in [1.165, 1.54) is 0 Å². The number of carbonyl (C=O) groups is 1. The Hall–Kier alpha value is -3.14. The van der Waals surface area contributed by atoms with Gasteiger partial charge in [0.2, 0.25) is 5.91 Å². The average Bonchev–Trinajstić information content (AvgIpc) is 3.45. The van der Waals surface area contributed by atoms with E-state index in [4.69, 9.17) is 55.9 Å². The van der Waals surface area contributed by atoms with Crippen LogP contribution in [0.3, 0.4) is 0 Å². The highest BCUT2D eigenvalue weighted by Gasteiger charge is 2.30. The maximum atomic E-state index is 13.0. The van der Waals surface area contributed by atoms with Crippen molar-refractivity contribution in [3.63, 3.8) is 0 Å². The Balaban J connectivity index is 0.00000264. The molecule has 4 aromatic rings. The van der Waals surface area contributed by atoms with Crippen molar-refractivity contribution in [2.24, 2.45) is 0 Å². The summed E-state index contributed by atoms with van der Waals surface area (Å²) < 4.78 is 12.3. The first kappa shape index (κ1) is 35.3. The van der Waals surface area contributed by atoms with Crippen LogP contribution in [-0.4, -0.2) is 39.9 Å². The van der Waals surface area contributed by atoms with Crippen LogP contribution >= 0.6 is 58.8 Å². The number of alkyl halides is 1. The standard InChI is InChI=1S/C32H27Cl4N3O3.ClH.H2O/c33-24-13-10-22(11-14-24)31(41-20-23-12-15-25(34)18-27(23)35)32(36)39-17-16-38(21-39)19-30(40)37-28-8-4-5-9-29(28)42-26-6-2-1-3-7-26;;/h1-18,31-32H,19-21H2,(H,37,40);1H;1H2. The van der Waals surface area contributed by atoms with Gasteiger partial charge in [0.15, 0.2) is 5.75 Å². The molecule has 12 heteroatoms. The number of halogens is 5. The fourth-order valence-electron chi connectivity index (χ4n) is 4.37. The van der Waals surface area contributed by atoms with E-state index in [2.05, 4.69) is 5.32 Å². The number of carbonyl (C=O) groups excluding carboxylic acids is 1. The van der Waals surface area contributed by atoms with Crippen molar-refractivity contribution in [2.45, 2.75) is 18.2 Å². The van der Waals surface area contributed by atoms with E-state index in [-0.39, 0.29) is 36.9 Å². The monoisotopic (exact) mass is 695 g/mol. The Morgan fingerprint density at radius 3 is 2.27 bits per heavy atom. The Labute approximate surface area is 282 Å². The molecule has 0 aliphatic carbocycles. The molecule has 7 nitrogen and oxygen atoms in total. The van der Waals surface area contributed by atoms with Crippen molar-refractivity contribution >= 4 is 70.4 Å². The first-order valence-corrected chi connectivity index (χ1v) is 14.7. The van der Waals surface area contributed by atoms with Crippen LogP contribution in [0.25, 0.3) is 0 Å². The van der Waals surface area contributed by atoms with Gasteiger partial charge in [0, 0.05) is 27.5 Å². The second-order valence-electron chi connectivity index (χ2n) is 9.55. The first-order valence-electron chi connectivity index (χ1n) is 13.1. The Morgan fingerprint density at radius 2 is 1.55 bits per heavy atom. The molecule has 44 heavy (non-hydrogen) atoms. The fourth-order valence-corrected chi connectivity index (χ4v) is 5.31. The minimum atomic E-state index is -0.596. The van der Waals surface area contributed by atoms with E-state index < -0.39 is 11.6 Å². The van der Waals surface area contributed by atoms with E-state index in [0.717, 1.165) is 11.1 Å². The van der Waals surface area contributed by atoms with Crippen molar-refractivity contribution in [3.05, 3.63) is 136 Å². The molecule has 2 atom stereocenters. The lowest BCUT2D eigenvalue weighted by Crippen LogP contribution is -2.38. The van der Waals surface area contributed by atoms with Crippen molar-refractivity contribution in [3.8, 4) is 11.5 Å². The molecule has 0 spiro atoms. The molecule has 1 heterocycles. The summed E-state index contributed by atoms with van der Waals surface area (Å²) in [7, 11) is 0. The summed E-state index contributed by atoms with van der Waals surface area (Å²) in [5.41, 5.74) is 1.63. The fraction of sp³-hybridized carbons (Fsp3) is 0.156. The van der Waals surface area contributed by atoms with Gasteiger partial charge in [-0.25, -0.2) is 0 Å². The molecule has 0 bridgehead atoms. The summed E-state index contributed by atoms with van der Waals surface area (Å²) >= 11 is 25.6. The topological polar surface area (TPSA) is 85.5 Å². The van der Waals surface area contributed by atoms with Crippen LogP contribution in [0, 0.1) is 0 Å². The third kappa shape index (κ3) is 9.43.